The van der Waals surface area contributed by atoms with Gasteiger partial charge in [-0.15, -0.1) is 5.10 Å². The molecular formula is C26H33N5O3S. The summed E-state index contributed by atoms with van der Waals surface area (Å²) in [6, 6.07) is 13.0. The predicted octanol–water partition coefficient (Wildman–Crippen LogP) is 4.17. The van der Waals surface area contributed by atoms with Gasteiger partial charge in [-0.1, -0.05) is 11.3 Å². The van der Waals surface area contributed by atoms with Gasteiger partial charge in [0, 0.05) is 30.7 Å². The highest BCUT2D eigenvalue weighted by Crippen LogP contribution is 2.30. The minimum Gasteiger partial charge on any atom is -0.333 e. The SMILES string of the molecule is Cc1ccc2c(c1)nnn2C1CCN(S(=O)(=O)c2ccc(C(=O)N3[C@H](C)CCC[C@H]3C)cc2)CC1. The molecule has 186 valence electrons. The third kappa shape index (κ3) is 4.47. The Morgan fingerprint density at radius 1 is 0.943 bits per heavy atom. The molecule has 3 heterocycles. The van der Waals surface area contributed by atoms with Gasteiger partial charge in [-0.3, -0.25) is 4.79 Å². The van der Waals surface area contributed by atoms with Crippen LogP contribution in [-0.2, 0) is 10.0 Å². The number of sulfonamides is 1. The smallest absolute Gasteiger partial charge is 0.254 e. The van der Waals surface area contributed by atoms with E-state index >= 15 is 0 Å². The second-order valence-electron chi connectivity index (χ2n) is 10.0. The average Bonchev–Trinajstić information content (AvgIpc) is 3.27. The zero-order valence-electron chi connectivity index (χ0n) is 20.6. The van der Waals surface area contributed by atoms with Crippen molar-refractivity contribution in [3.05, 3.63) is 53.6 Å². The number of hydrogen-bond acceptors (Lipinski definition) is 5. The summed E-state index contributed by atoms with van der Waals surface area (Å²) in [5.74, 6) is -0.0234. The van der Waals surface area contributed by atoms with Gasteiger partial charge in [0.15, 0.2) is 0 Å². The molecule has 2 fully saturated rings. The Hall–Kier alpha value is -2.78. The van der Waals surface area contributed by atoms with Gasteiger partial charge < -0.3 is 4.90 Å². The Balaban J connectivity index is 1.27. The van der Waals surface area contributed by atoms with Gasteiger partial charge in [0.25, 0.3) is 5.91 Å². The molecule has 9 heteroatoms. The van der Waals surface area contributed by atoms with Crippen LogP contribution in [-0.4, -0.2) is 63.7 Å². The molecule has 2 aliphatic heterocycles. The number of benzene rings is 2. The maximum Gasteiger partial charge on any atom is 0.254 e. The molecule has 1 aromatic heterocycles. The van der Waals surface area contributed by atoms with Gasteiger partial charge in [-0.25, -0.2) is 13.1 Å². The first kappa shape index (κ1) is 23.9. The number of piperidine rings is 2. The monoisotopic (exact) mass is 495 g/mol. The fourth-order valence-corrected chi connectivity index (χ4v) is 7.01. The molecule has 2 saturated heterocycles. The van der Waals surface area contributed by atoms with E-state index in [1.807, 2.05) is 34.7 Å². The van der Waals surface area contributed by atoms with Crippen molar-refractivity contribution in [1.29, 1.82) is 0 Å². The quantitative estimate of drug-likeness (QED) is 0.542. The first-order valence-electron chi connectivity index (χ1n) is 12.5. The fraction of sp³-hybridized carbons (Fsp3) is 0.500. The number of amides is 1. The summed E-state index contributed by atoms with van der Waals surface area (Å²) in [7, 11) is -3.63. The predicted molar refractivity (Wildman–Crippen MR) is 135 cm³/mol. The first-order chi connectivity index (χ1) is 16.8. The molecule has 0 saturated carbocycles. The van der Waals surface area contributed by atoms with Crippen LogP contribution < -0.4 is 0 Å². The van der Waals surface area contributed by atoms with E-state index < -0.39 is 10.0 Å². The van der Waals surface area contributed by atoms with E-state index in [9.17, 15) is 13.2 Å². The molecule has 0 aliphatic carbocycles. The zero-order valence-corrected chi connectivity index (χ0v) is 21.4. The molecular weight excluding hydrogens is 462 g/mol. The summed E-state index contributed by atoms with van der Waals surface area (Å²) in [4.78, 5) is 15.3. The van der Waals surface area contributed by atoms with Crippen molar-refractivity contribution in [2.24, 2.45) is 0 Å². The largest absolute Gasteiger partial charge is 0.333 e. The van der Waals surface area contributed by atoms with Crippen LogP contribution in [0.5, 0.6) is 0 Å². The van der Waals surface area contributed by atoms with Gasteiger partial charge in [0.05, 0.1) is 16.5 Å². The lowest BCUT2D eigenvalue weighted by atomic mass is 9.96. The fourth-order valence-electron chi connectivity index (χ4n) is 5.54. The molecule has 0 bridgehead atoms. The lowest BCUT2D eigenvalue weighted by molar-refractivity contribution is 0.0510. The lowest BCUT2D eigenvalue weighted by Gasteiger charge is -2.39. The summed E-state index contributed by atoms with van der Waals surface area (Å²) in [5.41, 5.74) is 3.52. The van der Waals surface area contributed by atoms with Crippen LogP contribution in [0.4, 0.5) is 0 Å². The van der Waals surface area contributed by atoms with Crippen molar-refractivity contribution in [2.75, 3.05) is 13.1 Å². The zero-order chi connectivity index (χ0) is 24.7. The number of carbonyl (C=O) groups excluding carboxylic acids is 1. The molecule has 5 rings (SSSR count). The maximum atomic E-state index is 13.3. The van der Waals surface area contributed by atoms with Crippen molar-refractivity contribution in [3.63, 3.8) is 0 Å². The highest BCUT2D eigenvalue weighted by Gasteiger charge is 2.32. The second-order valence-corrected chi connectivity index (χ2v) is 12.0. The molecule has 2 aliphatic rings. The van der Waals surface area contributed by atoms with Crippen LogP contribution >= 0.6 is 0 Å². The van der Waals surface area contributed by atoms with Crippen LogP contribution in [0.25, 0.3) is 11.0 Å². The molecule has 0 N–H and O–H groups in total. The molecule has 3 aromatic rings. The highest BCUT2D eigenvalue weighted by molar-refractivity contribution is 7.89. The van der Waals surface area contributed by atoms with Crippen LogP contribution in [0, 0.1) is 6.92 Å². The molecule has 0 unspecified atom stereocenters. The summed E-state index contributed by atoms with van der Waals surface area (Å²) in [6.07, 6.45) is 4.48. The van der Waals surface area contributed by atoms with E-state index in [4.69, 9.17) is 0 Å². The van der Waals surface area contributed by atoms with Crippen molar-refractivity contribution < 1.29 is 13.2 Å². The Morgan fingerprint density at radius 2 is 1.60 bits per heavy atom. The molecule has 8 nitrogen and oxygen atoms in total. The minimum absolute atomic E-state index is 0.0234. The summed E-state index contributed by atoms with van der Waals surface area (Å²) >= 11 is 0. The number of carbonyl (C=O) groups is 1. The normalized spacial score (nSPS) is 22.5. The summed E-state index contributed by atoms with van der Waals surface area (Å²) in [5, 5.41) is 8.63. The van der Waals surface area contributed by atoms with Crippen LogP contribution in [0.1, 0.15) is 67.9 Å². The number of aryl methyl sites for hydroxylation is 1. The van der Waals surface area contributed by atoms with Gasteiger partial charge in [-0.2, -0.15) is 4.31 Å². The standard InChI is InChI=1S/C26H33N5O3S/c1-18-7-12-25-24(17-18)27-28-31(25)22-13-15-29(16-14-22)35(33,34)23-10-8-21(9-11-23)26(32)30-19(2)5-4-6-20(30)3/h7-12,17,19-20,22H,4-6,13-16H2,1-3H3/t19-,20-/m1/s1. The van der Waals surface area contributed by atoms with Crippen LogP contribution in [0.15, 0.2) is 47.4 Å². The molecule has 2 aromatic carbocycles. The van der Waals surface area contributed by atoms with Gasteiger partial charge >= 0.3 is 0 Å². The lowest BCUT2D eigenvalue weighted by Crippen LogP contribution is -2.47. The number of nitrogens with zero attached hydrogens (tertiary/aromatic N) is 5. The Kier molecular flexibility index (Phi) is 6.40. The third-order valence-corrected chi connectivity index (χ3v) is 9.48. The van der Waals surface area contributed by atoms with Crippen LogP contribution in [0.2, 0.25) is 0 Å². The molecule has 35 heavy (non-hydrogen) atoms. The van der Waals surface area contributed by atoms with E-state index in [0.29, 0.717) is 31.5 Å². The number of hydrogen-bond donors (Lipinski definition) is 0. The van der Waals surface area contributed by atoms with Crippen molar-refractivity contribution >= 4 is 27.0 Å². The van der Waals surface area contributed by atoms with Crippen molar-refractivity contribution in [1.82, 2.24) is 24.2 Å². The topological polar surface area (TPSA) is 88.4 Å². The van der Waals surface area contributed by atoms with E-state index in [1.54, 1.807) is 28.6 Å². The molecule has 2 atom stereocenters. The molecule has 0 spiro atoms. The Morgan fingerprint density at radius 3 is 2.26 bits per heavy atom. The second kappa shape index (κ2) is 9.35. The molecule has 0 radical (unpaired) electrons. The van der Waals surface area contributed by atoms with Crippen LogP contribution in [0.3, 0.4) is 0 Å². The van der Waals surface area contributed by atoms with Gasteiger partial charge in [0.2, 0.25) is 10.0 Å². The van der Waals surface area contributed by atoms with E-state index in [1.165, 1.54) is 0 Å². The highest BCUT2D eigenvalue weighted by atomic mass is 32.2. The van der Waals surface area contributed by atoms with Crippen molar-refractivity contribution in [2.45, 2.75) is 75.9 Å². The minimum atomic E-state index is -3.63. The summed E-state index contributed by atoms with van der Waals surface area (Å²) in [6.45, 7) is 7.03. The number of fused-ring (bicyclic) bond motifs is 1. The van der Waals surface area contributed by atoms with E-state index in [-0.39, 0.29) is 28.9 Å². The first-order valence-corrected chi connectivity index (χ1v) is 13.9. The maximum absolute atomic E-state index is 13.3. The number of aromatic nitrogens is 3. The summed E-state index contributed by atoms with van der Waals surface area (Å²) < 4.78 is 30.1. The average molecular weight is 496 g/mol. The van der Waals surface area contributed by atoms with E-state index in [0.717, 1.165) is 35.9 Å². The third-order valence-electron chi connectivity index (χ3n) is 7.56. The molecule has 1 amide bonds. The van der Waals surface area contributed by atoms with Gasteiger partial charge in [0.1, 0.15) is 5.52 Å². The Labute approximate surface area is 207 Å². The Bertz CT molecular complexity index is 1320. The number of likely N-dealkylation sites (tertiary alicyclic amines) is 1. The number of rotatable bonds is 4. The van der Waals surface area contributed by atoms with E-state index in [2.05, 4.69) is 24.2 Å². The van der Waals surface area contributed by atoms with Crippen molar-refractivity contribution in [3.8, 4) is 0 Å². The van der Waals surface area contributed by atoms with Gasteiger partial charge in [-0.05, 0) is 94.8 Å².